The fourth-order valence-corrected chi connectivity index (χ4v) is 2.55. The Morgan fingerprint density at radius 1 is 1.08 bits per heavy atom. The Morgan fingerprint density at radius 3 is 2.33 bits per heavy atom. The quantitative estimate of drug-likeness (QED) is 0.821. The summed E-state index contributed by atoms with van der Waals surface area (Å²) in [5.41, 5.74) is -0.962. The third kappa shape index (κ3) is 4.76. The van der Waals surface area contributed by atoms with Crippen molar-refractivity contribution in [1.82, 2.24) is 0 Å². The molecule has 2 aromatic carbocycles. The first kappa shape index (κ1) is 17.9. The predicted molar refractivity (Wildman–Crippen MR) is 85.2 cm³/mol. The topological polar surface area (TPSA) is 66.4 Å². The molecule has 24 heavy (non-hydrogen) atoms. The number of carbonyl (C=O) groups excluding carboxylic acids is 1. The molecule has 2 N–H and O–H groups in total. The first-order chi connectivity index (χ1) is 11.3. The maximum Gasteiger partial charge on any atom is 0.416 e. The molecule has 2 aromatic rings. The third-order valence-electron chi connectivity index (χ3n) is 3.03. The van der Waals surface area contributed by atoms with E-state index >= 15 is 0 Å². The number of rotatable bonds is 4. The second-order valence-corrected chi connectivity index (χ2v) is 5.70. The monoisotopic (exact) mass is 355 g/mol. The van der Waals surface area contributed by atoms with E-state index in [1.54, 1.807) is 24.3 Å². The number of thioether (sulfide) groups is 1. The van der Waals surface area contributed by atoms with Gasteiger partial charge in [0.2, 0.25) is 0 Å². The largest absolute Gasteiger partial charge is 0.478 e. The molecule has 8 heteroatoms. The zero-order chi connectivity index (χ0) is 17.7. The van der Waals surface area contributed by atoms with Crippen molar-refractivity contribution in [3.8, 4) is 0 Å². The Hall–Kier alpha value is -2.48. The van der Waals surface area contributed by atoms with E-state index in [0.29, 0.717) is 17.9 Å². The Labute approximate surface area is 139 Å². The zero-order valence-electron chi connectivity index (χ0n) is 12.1. The smallest absolute Gasteiger partial charge is 0.416 e. The number of aromatic carboxylic acids is 1. The highest BCUT2D eigenvalue weighted by Gasteiger charge is 2.31. The molecule has 4 nitrogen and oxygen atoms in total. The summed E-state index contributed by atoms with van der Waals surface area (Å²) >= 11 is 0.834. The van der Waals surface area contributed by atoms with E-state index in [4.69, 9.17) is 5.11 Å². The van der Waals surface area contributed by atoms with Gasteiger partial charge in [0.25, 0.3) is 5.24 Å². The van der Waals surface area contributed by atoms with Crippen LogP contribution in [0.25, 0.3) is 0 Å². The highest BCUT2D eigenvalue weighted by atomic mass is 32.2. The third-order valence-corrected chi connectivity index (χ3v) is 3.87. The second kappa shape index (κ2) is 7.39. The number of alkyl halides is 3. The van der Waals surface area contributed by atoms with Gasteiger partial charge in [0.15, 0.2) is 0 Å². The predicted octanol–water partition coefficient (Wildman–Crippen LogP) is 4.87. The first-order valence-electron chi connectivity index (χ1n) is 6.69. The van der Waals surface area contributed by atoms with Gasteiger partial charge in [-0.15, -0.1) is 0 Å². The minimum absolute atomic E-state index is 0.314. The number of amides is 1. The maximum absolute atomic E-state index is 12.7. The molecular formula is C16H12F3NO3S. The first-order valence-corrected chi connectivity index (χ1v) is 7.68. The SMILES string of the molecule is O=C(Nc1cc(C(F)(F)F)ccc1C(=O)O)SCc1ccccc1. The van der Waals surface area contributed by atoms with Crippen LogP contribution in [0.4, 0.5) is 23.7 Å². The average Bonchev–Trinajstić information content (AvgIpc) is 2.53. The summed E-state index contributed by atoms with van der Waals surface area (Å²) in [7, 11) is 0. The van der Waals surface area contributed by atoms with Crippen LogP contribution in [0.15, 0.2) is 48.5 Å². The molecule has 0 aliphatic rings. The fraction of sp³-hybridized carbons (Fsp3) is 0.125. The highest BCUT2D eigenvalue weighted by molar-refractivity contribution is 8.13. The normalized spacial score (nSPS) is 11.1. The van der Waals surface area contributed by atoms with Gasteiger partial charge in [0.05, 0.1) is 16.8 Å². The molecule has 0 radical (unpaired) electrons. The summed E-state index contributed by atoms with van der Waals surface area (Å²) in [6, 6.07) is 11.1. The van der Waals surface area contributed by atoms with Crippen LogP contribution in [0.1, 0.15) is 21.5 Å². The molecule has 0 spiro atoms. The number of anilines is 1. The van der Waals surface area contributed by atoms with E-state index < -0.39 is 28.5 Å². The van der Waals surface area contributed by atoms with E-state index in [0.717, 1.165) is 23.4 Å². The van der Waals surface area contributed by atoms with Crippen LogP contribution in [0, 0.1) is 0 Å². The zero-order valence-corrected chi connectivity index (χ0v) is 12.9. The van der Waals surface area contributed by atoms with Crippen LogP contribution in [0.5, 0.6) is 0 Å². The van der Waals surface area contributed by atoms with Crippen LogP contribution in [-0.2, 0) is 11.9 Å². The molecule has 0 unspecified atom stereocenters. The fourth-order valence-electron chi connectivity index (χ4n) is 1.88. The number of carboxylic acid groups (broad SMARTS) is 1. The molecule has 0 bridgehead atoms. The van der Waals surface area contributed by atoms with E-state index in [-0.39, 0.29) is 5.69 Å². The summed E-state index contributed by atoms with van der Waals surface area (Å²) in [4.78, 5) is 23.0. The van der Waals surface area contributed by atoms with E-state index in [1.807, 2.05) is 6.07 Å². The summed E-state index contributed by atoms with van der Waals surface area (Å²) in [6.45, 7) is 0. The van der Waals surface area contributed by atoms with Gasteiger partial charge >= 0.3 is 12.1 Å². The lowest BCUT2D eigenvalue weighted by molar-refractivity contribution is -0.137. The summed E-state index contributed by atoms with van der Waals surface area (Å²) < 4.78 is 38.2. The minimum atomic E-state index is -4.63. The van der Waals surface area contributed by atoms with E-state index in [1.165, 1.54) is 0 Å². The summed E-state index contributed by atoms with van der Waals surface area (Å²) in [5.74, 6) is -1.11. The molecule has 0 saturated heterocycles. The summed E-state index contributed by atoms with van der Waals surface area (Å²) in [5, 5.41) is 10.6. The van der Waals surface area contributed by atoms with Crippen molar-refractivity contribution in [1.29, 1.82) is 0 Å². The van der Waals surface area contributed by atoms with Crippen LogP contribution in [0.2, 0.25) is 0 Å². The number of carboxylic acids is 1. The molecular weight excluding hydrogens is 343 g/mol. The van der Waals surface area contributed by atoms with Crippen molar-refractivity contribution in [2.45, 2.75) is 11.9 Å². The molecule has 0 aliphatic heterocycles. The number of nitrogens with one attached hydrogen (secondary N) is 1. The van der Waals surface area contributed by atoms with Crippen LogP contribution in [0.3, 0.4) is 0 Å². The summed E-state index contributed by atoms with van der Waals surface area (Å²) in [6.07, 6.45) is -4.63. The van der Waals surface area contributed by atoms with Crippen molar-refractivity contribution in [2.75, 3.05) is 5.32 Å². The molecule has 126 valence electrons. The average molecular weight is 355 g/mol. The Morgan fingerprint density at radius 2 is 1.75 bits per heavy atom. The molecule has 0 aromatic heterocycles. The van der Waals surface area contributed by atoms with E-state index in [2.05, 4.69) is 5.32 Å². The van der Waals surface area contributed by atoms with Crippen molar-refractivity contribution >= 4 is 28.7 Å². The van der Waals surface area contributed by atoms with Gasteiger partial charge in [-0.3, -0.25) is 4.79 Å². The Kier molecular flexibility index (Phi) is 5.50. The lowest BCUT2D eigenvalue weighted by Gasteiger charge is -2.12. The molecule has 0 aliphatic carbocycles. The number of hydrogen-bond acceptors (Lipinski definition) is 3. The lowest BCUT2D eigenvalue weighted by Crippen LogP contribution is -2.13. The molecule has 0 heterocycles. The van der Waals surface area contributed by atoms with Gasteiger partial charge in [0.1, 0.15) is 0 Å². The van der Waals surface area contributed by atoms with Gasteiger partial charge in [-0.05, 0) is 23.8 Å². The molecule has 2 rings (SSSR count). The number of halogens is 3. The molecule has 1 amide bonds. The highest BCUT2D eigenvalue weighted by Crippen LogP contribution is 2.32. The Balaban J connectivity index is 2.14. The van der Waals surface area contributed by atoms with Crippen molar-refractivity contribution in [3.05, 3.63) is 65.2 Å². The number of hydrogen-bond donors (Lipinski definition) is 2. The number of benzene rings is 2. The lowest BCUT2D eigenvalue weighted by atomic mass is 10.1. The van der Waals surface area contributed by atoms with Crippen molar-refractivity contribution < 1.29 is 27.9 Å². The van der Waals surface area contributed by atoms with E-state index in [9.17, 15) is 22.8 Å². The standard InChI is InChI=1S/C16H12F3NO3S/c17-16(18,19)11-6-7-12(14(21)22)13(8-11)20-15(23)24-9-10-4-2-1-3-5-10/h1-8H,9H2,(H,20,23)(H,21,22). The molecule has 0 atom stereocenters. The van der Waals surface area contributed by atoms with Gasteiger partial charge in [-0.25, -0.2) is 4.79 Å². The van der Waals surface area contributed by atoms with Gasteiger partial charge in [-0.2, -0.15) is 13.2 Å². The number of carbonyl (C=O) groups is 2. The van der Waals surface area contributed by atoms with Crippen molar-refractivity contribution in [2.24, 2.45) is 0 Å². The van der Waals surface area contributed by atoms with Crippen LogP contribution in [-0.4, -0.2) is 16.3 Å². The molecule has 0 fully saturated rings. The van der Waals surface area contributed by atoms with Gasteiger partial charge in [0, 0.05) is 5.75 Å². The van der Waals surface area contributed by atoms with Gasteiger partial charge in [-0.1, -0.05) is 42.1 Å². The van der Waals surface area contributed by atoms with Crippen molar-refractivity contribution in [3.63, 3.8) is 0 Å². The minimum Gasteiger partial charge on any atom is -0.478 e. The second-order valence-electron chi connectivity index (χ2n) is 4.75. The molecule has 0 saturated carbocycles. The maximum atomic E-state index is 12.7. The van der Waals surface area contributed by atoms with Crippen LogP contribution >= 0.6 is 11.8 Å². The van der Waals surface area contributed by atoms with Gasteiger partial charge < -0.3 is 10.4 Å². The Bertz CT molecular complexity index is 748. The van der Waals surface area contributed by atoms with Crippen LogP contribution < -0.4 is 5.32 Å².